The number of halogens is 2. The molecule has 2 amide bonds. The molecule has 10 heteroatoms. The number of hydrogen-bond acceptors (Lipinski definition) is 3. The van der Waals surface area contributed by atoms with E-state index in [0.717, 1.165) is 4.31 Å². The third-order valence-electron chi connectivity index (χ3n) is 5.60. The molecule has 1 aliphatic rings. The summed E-state index contributed by atoms with van der Waals surface area (Å²) in [6, 6.07) is 9.08. The van der Waals surface area contributed by atoms with Crippen molar-refractivity contribution in [1.29, 1.82) is 0 Å². The third kappa shape index (κ3) is 5.08. The van der Waals surface area contributed by atoms with E-state index in [2.05, 4.69) is 4.72 Å². The van der Waals surface area contributed by atoms with Crippen LogP contribution in [0.25, 0.3) is 11.1 Å². The summed E-state index contributed by atoms with van der Waals surface area (Å²) in [6.07, 6.45) is 0.512. The smallest absolute Gasteiger partial charge is 0.319 e. The van der Waals surface area contributed by atoms with Crippen molar-refractivity contribution in [2.75, 3.05) is 34.7 Å². The molecule has 0 unspecified atom stereocenters. The second-order valence-corrected chi connectivity index (χ2v) is 10.1. The van der Waals surface area contributed by atoms with Gasteiger partial charge in [0.1, 0.15) is 11.6 Å². The molecule has 0 aromatic heterocycles. The van der Waals surface area contributed by atoms with Crippen molar-refractivity contribution >= 4 is 16.2 Å². The Morgan fingerprint density at radius 1 is 1.12 bits per heavy atom. The van der Waals surface area contributed by atoms with Gasteiger partial charge in [-0.15, -0.1) is 0 Å². The lowest BCUT2D eigenvalue weighted by Crippen LogP contribution is -2.52. The summed E-state index contributed by atoms with van der Waals surface area (Å²) < 4.78 is 57.6. The minimum Gasteiger partial charge on any atom is -0.331 e. The molecule has 32 heavy (non-hydrogen) atoms. The first kappa shape index (κ1) is 24.1. The summed E-state index contributed by atoms with van der Waals surface area (Å²) >= 11 is 0. The summed E-state index contributed by atoms with van der Waals surface area (Å²) in [5.74, 6) is -0.986. The molecule has 2 aromatic rings. The molecular formula is C22H28F2N4O3S. The normalized spacial score (nSPS) is 18.9. The Balaban J connectivity index is 1.96. The van der Waals surface area contributed by atoms with Crippen LogP contribution in [0.15, 0.2) is 42.5 Å². The Labute approximate surface area is 187 Å². The second-order valence-electron chi connectivity index (χ2n) is 8.23. The summed E-state index contributed by atoms with van der Waals surface area (Å²) in [7, 11) is 2.31. The van der Waals surface area contributed by atoms with Crippen LogP contribution in [-0.2, 0) is 16.6 Å². The van der Waals surface area contributed by atoms with Crippen molar-refractivity contribution in [2.24, 2.45) is 0 Å². The lowest BCUT2D eigenvalue weighted by atomic mass is 9.96. The average Bonchev–Trinajstić information content (AvgIpc) is 3.10. The predicted octanol–water partition coefficient (Wildman–Crippen LogP) is 2.69. The van der Waals surface area contributed by atoms with Gasteiger partial charge in [-0.05, 0) is 36.1 Å². The van der Waals surface area contributed by atoms with Gasteiger partial charge in [-0.3, -0.25) is 0 Å². The van der Waals surface area contributed by atoms with Crippen molar-refractivity contribution in [3.63, 3.8) is 0 Å². The van der Waals surface area contributed by atoms with Crippen LogP contribution >= 0.6 is 0 Å². The van der Waals surface area contributed by atoms with Gasteiger partial charge in [0.05, 0.1) is 6.04 Å². The first-order chi connectivity index (χ1) is 15.0. The first-order valence-electron chi connectivity index (χ1n) is 10.2. The predicted molar refractivity (Wildman–Crippen MR) is 119 cm³/mol. The molecule has 174 valence electrons. The van der Waals surface area contributed by atoms with Crippen molar-refractivity contribution in [3.8, 4) is 11.1 Å². The van der Waals surface area contributed by atoms with Gasteiger partial charge in [0.2, 0.25) is 0 Å². The van der Waals surface area contributed by atoms with E-state index in [-0.39, 0.29) is 18.0 Å². The highest BCUT2D eigenvalue weighted by molar-refractivity contribution is 7.87. The zero-order valence-electron chi connectivity index (χ0n) is 18.5. The van der Waals surface area contributed by atoms with E-state index in [9.17, 15) is 17.6 Å². The number of nitrogens with zero attached hydrogens (tertiary/aromatic N) is 3. The molecule has 2 atom stereocenters. The number of carbonyl (C=O) groups excluding carboxylic acids is 1. The van der Waals surface area contributed by atoms with Crippen LogP contribution in [0.1, 0.15) is 12.0 Å². The molecule has 2 aromatic carbocycles. The molecule has 0 radical (unpaired) electrons. The summed E-state index contributed by atoms with van der Waals surface area (Å²) in [6.45, 7) is 0.341. The van der Waals surface area contributed by atoms with Gasteiger partial charge in [-0.25, -0.2) is 13.6 Å². The number of rotatable bonds is 6. The maximum Gasteiger partial charge on any atom is 0.319 e. The molecule has 1 fully saturated rings. The molecule has 1 saturated heterocycles. The zero-order chi connectivity index (χ0) is 23.6. The lowest BCUT2D eigenvalue weighted by molar-refractivity contribution is 0.162. The number of benzene rings is 2. The van der Waals surface area contributed by atoms with Crippen LogP contribution in [0.5, 0.6) is 0 Å². The molecule has 0 aliphatic carbocycles. The highest BCUT2D eigenvalue weighted by atomic mass is 32.2. The number of nitrogens with one attached hydrogen (secondary N) is 1. The van der Waals surface area contributed by atoms with E-state index < -0.39 is 33.9 Å². The van der Waals surface area contributed by atoms with Crippen LogP contribution in [0.3, 0.4) is 0 Å². The lowest BCUT2D eigenvalue weighted by Gasteiger charge is -2.31. The number of likely N-dealkylation sites (tertiary alicyclic amines) is 1. The topological polar surface area (TPSA) is 73.0 Å². The molecule has 0 spiro atoms. The quantitative estimate of drug-likeness (QED) is 0.712. The van der Waals surface area contributed by atoms with E-state index in [1.54, 1.807) is 43.3 Å². The van der Waals surface area contributed by atoms with E-state index in [1.807, 2.05) is 0 Å². The molecular weight excluding hydrogens is 438 g/mol. The molecule has 7 nitrogen and oxygen atoms in total. The minimum absolute atomic E-state index is 0.106. The van der Waals surface area contributed by atoms with Crippen LogP contribution in [0.4, 0.5) is 13.6 Å². The van der Waals surface area contributed by atoms with Crippen LogP contribution in [-0.4, -0.2) is 75.4 Å². The minimum atomic E-state index is -3.75. The maximum atomic E-state index is 15.4. The second kappa shape index (κ2) is 9.51. The Morgan fingerprint density at radius 3 is 2.44 bits per heavy atom. The van der Waals surface area contributed by atoms with Crippen LogP contribution in [0.2, 0.25) is 0 Å². The fourth-order valence-corrected chi connectivity index (χ4v) is 4.74. The van der Waals surface area contributed by atoms with Gasteiger partial charge >= 0.3 is 6.03 Å². The van der Waals surface area contributed by atoms with Crippen molar-refractivity contribution in [2.45, 2.75) is 24.9 Å². The molecule has 0 bridgehead atoms. The fraction of sp³-hybridized carbons (Fsp3) is 0.409. The summed E-state index contributed by atoms with van der Waals surface area (Å²) in [5.41, 5.74) is 0.974. The van der Waals surface area contributed by atoms with Gasteiger partial charge in [-0.1, -0.05) is 30.3 Å². The van der Waals surface area contributed by atoms with Gasteiger partial charge in [-0.2, -0.15) is 17.4 Å². The fourth-order valence-electron chi connectivity index (χ4n) is 3.88. The molecule has 1 heterocycles. The molecule has 1 aliphatic heterocycles. The van der Waals surface area contributed by atoms with E-state index >= 15 is 4.39 Å². The van der Waals surface area contributed by atoms with Gasteiger partial charge < -0.3 is 9.80 Å². The summed E-state index contributed by atoms with van der Waals surface area (Å²) in [4.78, 5) is 15.7. The SMILES string of the molecule is CN(C)C(=O)N1CC[C@H](NS(=O)(=O)N(C)C)[C@@H]1Cc1cccc(-c2cccc(F)c2)c1F. The zero-order valence-corrected chi connectivity index (χ0v) is 19.4. The van der Waals surface area contributed by atoms with Gasteiger partial charge in [0.25, 0.3) is 10.2 Å². The Kier molecular flexibility index (Phi) is 7.16. The highest BCUT2D eigenvalue weighted by Crippen LogP contribution is 2.29. The standard InChI is InChI=1S/C22H28F2N4O3S/c1-26(2)22(29)28-12-11-19(25-32(30,31)27(3)4)20(28)14-16-8-6-10-18(21(16)24)15-7-5-9-17(23)13-15/h5-10,13,19-20,25H,11-12,14H2,1-4H3/t19-,20-/m0/s1. The molecule has 0 saturated carbocycles. The number of urea groups is 1. The third-order valence-corrected chi connectivity index (χ3v) is 7.16. The van der Waals surface area contributed by atoms with E-state index in [0.29, 0.717) is 24.1 Å². The Bertz CT molecular complexity index is 1090. The largest absolute Gasteiger partial charge is 0.331 e. The van der Waals surface area contributed by atoms with Crippen LogP contribution in [0, 0.1) is 11.6 Å². The van der Waals surface area contributed by atoms with Crippen LogP contribution < -0.4 is 4.72 Å². The number of hydrogen-bond donors (Lipinski definition) is 1. The first-order valence-corrected chi connectivity index (χ1v) is 11.7. The molecule has 3 rings (SSSR count). The van der Waals surface area contributed by atoms with Crippen molar-refractivity contribution in [1.82, 2.24) is 18.8 Å². The van der Waals surface area contributed by atoms with E-state index in [1.165, 1.54) is 37.2 Å². The maximum absolute atomic E-state index is 15.4. The summed E-state index contributed by atoms with van der Waals surface area (Å²) in [5, 5.41) is 0. The van der Waals surface area contributed by atoms with E-state index in [4.69, 9.17) is 0 Å². The van der Waals surface area contributed by atoms with Crippen molar-refractivity contribution in [3.05, 3.63) is 59.7 Å². The number of amides is 2. The van der Waals surface area contributed by atoms with Crippen molar-refractivity contribution < 1.29 is 22.0 Å². The monoisotopic (exact) mass is 466 g/mol. The Morgan fingerprint density at radius 2 is 1.81 bits per heavy atom. The van der Waals surface area contributed by atoms with Gasteiger partial charge in [0, 0.05) is 46.3 Å². The molecule has 1 N–H and O–H groups in total. The Hall–Kier alpha value is -2.56. The highest BCUT2D eigenvalue weighted by Gasteiger charge is 2.40. The average molecular weight is 467 g/mol. The van der Waals surface area contributed by atoms with Gasteiger partial charge in [0.15, 0.2) is 0 Å². The number of carbonyl (C=O) groups is 1.